The summed E-state index contributed by atoms with van der Waals surface area (Å²) in [4.78, 5) is 15.8. The van der Waals surface area contributed by atoms with Gasteiger partial charge < -0.3 is 0 Å². The molecule has 5 heteroatoms. The Morgan fingerprint density at radius 2 is 2.38 bits per heavy atom. The molecule has 1 heterocycles. The van der Waals surface area contributed by atoms with Crippen LogP contribution in [0.5, 0.6) is 0 Å². The Bertz CT molecular complexity index is 482. The van der Waals surface area contributed by atoms with Gasteiger partial charge in [-0.3, -0.25) is 9.89 Å². The Morgan fingerprint density at radius 3 is 3.06 bits per heavy atom. The number of aromatic nitrogens is 3. The van der Waals surface area contributed by atoms with Crippen molar-refractivity contribution < 1.29 is 4.79 Å². The second-order valence-electron chi connectivity index (χ2n) is 3.37. The molecule has 2 rings (SSSR count). The summed E-state index contributed by atoms with van der Waals surface area (Å²) in [5, 5.41) is 7.09. The zero-order valence-electron chi connectivity index (χ0n) is 8.80. The Hall–Kier alpha value is -1.62. The number of nitrogens with one attached hydrogen (secondary N) is 1. The van der Waals surface area contributed by atoms with Crippen LogP contribution in [0.25, 0.3) is 0 Å². The number of benzene rings is 1. The van der Waals surface area contributed by atoms with Gasteiger partial charge >= 0.3 is 0 Å². The number of carbonyl (C=O) groups excluding carboxylic acids is 1. The van der Waals surface area contributed by atoms with Gasteiger partial charge in [-0.15, -0.1) is 0 Å². The average molecular weight is 233 g/mol. The molecule has 0 bridgehead atoms. The molecule has 0 radical (unpaired) electrons. The molecule has 82 valence electrons. The standard InChI is InChI=1S/C11H11N3OS/c1-8-3-2-4-9(5-8)10(15)6-16-11-12-7-13-14-11/h2-5,7H,6H2,1H3,(H,12,13,14). The fraction of sp³-hybridized carbons (Fsp3) is 0.182. The van der Waals surface area contributed by atoms with Crippen molar-refractivity contribution >= 4 is 17.5 Å². The van der Waals surface area contributed by atoms with Crippen LogP contribution in [0.2, 0.25) is 0 Å². The minimum Gasteiger partial charge on any atom is -0.293 e. The van der Waals surface area contributed by atoms with Crippen LogP contribution in [0.1, 0.15) is 15.9 Å². The van der Waals surface area contributed by atoms with Crippen LogP contribution in [-0.2, 0) is 0 Å². The molecule has 0 unspecified atom stereocenters. The average Bonchev–Trinajstić information content (AvgIpc) is 2.78. The van der Waals surface area contributed by atoms with Crippen molar-refractivity contribution in [3.63, 3.8) is 0 Å². The van der Waals surface area contributed by atoms with Gasteiger partial charge in [-0.2, -0.15) is 5.10 Å². The number of Topliss-reactive ketones (excluding diaryl/α,β-unsaturated/α-hetero) is 1. The van der Waals surface area contributed by atoms with E-state index in [0.29, 0.717) is 10.9 Å². The number of rotatable bonds is 4. The lowest BCUT2D eigenvalue weighted by atomic mass is 10.1. The molecule has 16 heavy (non-hydrogen) atoms. The molecule has 0 saturated heterocycles. The molecule has 0 atom stereocenters. The molecule has 0 spiro atoms. The lowest BCUT2D eigenvalue weighted by Crippen LogP contribution is -2.02. The monoisotopic (exact) mass is 233 g/mol. The first-order valence-electron chi connectivity index (χ1n) is 4.84. The quantitative estimate of drug-likeness (QED) is 0.649. The number of ketones is 1. The Kier molecular flexibility index (Phi) is 3.36. The maximum atomic E-state index is 11.8. The van der Waals surface area contributed by atoms with Gasteiger partial charge in [0, 0.05) is 5.56 Å². The summed E-state index contributed by atoms with van der Waals surface area (Å²) in [5.74, 6) is 0.476. The molecular weight excluding hydrogens is 222 g/mol. The third-order valence-corrected chi connectivity index (χ3v) is 2.95. The molecule has 2 aromatic rings. The zero-order valence-corrected chi connectivity index (χ0v) is 9.62. The van der Waals surface area contributed by atoms with Crippen LogP contribution in [-0.4, -0.2) is 26.7 Å². The van der Waals surface area contributed by atoms with Gasteiger partial charge in [0.2, 0.25) is 0 Å². The van der Waals surface area contributed by atoms with Crippen LogP contribution in [0.4, 0.5) is 0 Å². The van der Waals surface area contributed by atoms with Crippen molar-refractivity contribution in [1.29, 1.82) is 0 Å². The van der Waals surface area contributed by atoms with E-state index < -0.39 is 0 Å². The highest BCUT2D eigenvalue weighted by Gasteiger charge is 2.07. The van der Waals surface area contributed by atoms with Gasteiger partial charge in [-0.25, -0.2) is 4.98 Å². The van der Waals surface area contributed by atoms with Crippen LogP contribution in [0.3, 0.4) is 0 Å². The van der Waals surface area contributed by atoms with E-state index in [4.69, 9.17) is 0 Å². The third-order valence-electron chi connectivity index (χ3n) is 2.07. The minimum absolute atomic E-state index is 0.102. The van der Waals surface area contributed by atoms with Crippen molar-refractivity contribution in [2.45, 2.75) is 12.1 Å². The van der Waals surface area contributed by atoms with E-state index in [-0.39, 0.29) is 5.78 Å². The molecule has 0 saturated carbocycles. The molecule has 0 aliphatic rings. The van der Waals surface area contributed by atoms with E-state index in [0.717, 1.165) is 11.1 Å². The smallest absolute Gasteiger partial charge is 0.183 e. The van der Waals surface area contributed by atoms with Crippen molar-refractivity contribution in [3.8, 4) is 0 Å². The number of aryl methyl sites for hydroxylation is 1. The van der Waals surface area contributed by atoms with E-state index in [1.54, 1.807) is 0 Å². The third kappa shape index (κ3) is 2.70. The summed E-state index contributed by atoms with van der Waals surface area (Å²) >= 11 is 1.36. The number of H-pyrrole nitrogens is 1. The molecule has 1 aromatic carbocycles. The highest BCUT2D eigenvalue weighted by molar-refractivity contribution is 7.99. The van der Waals surface area contributed by atoms with E-state index >= 15 is 0 Å². The number of aromatic amines is 1. The largest absolute Gasteiger partial charge is 0.293 e. The molecule has 0 amide bonds. The Labute approximate surface area is 97.5 Å². The fourth-order valence-corrected chi connectivity index (χ4v) is 1.97. The number of nitrogens with zero attached hydrogens (tertiary/aromatic N) is 2. The van der Waals surface area contributed by atoms with Gasteiger partial charge in [-0.1, -0.05) is 35.5 Å². The normalized spacial score (nSPS) is 10.3. The van der Waals surface area contributed by atoms with Crippen molar-refractivity contribution in [2.24, 2.45) is 0 Å². The van der Waals surface area contributed by atoms with Crippen LogP contribution in [0.15, 0.2) is 35.7 Å². The van der Waals surface area contributed by atoms with E-state index in [1.807, 2.05) is 31.2 Å². The van der Waals surface area contributed by atoms with E-state index in [2.05, 4.69) is 15.2 Å². The second-order valence-corrected chi connectivity index (χ2v) is 4.34. The highest BCUT2D eigenvalue weighted by Crippen LogP contribution is 2.14. The summed E-state index contributed by atoms with van der Waals surface area (Å²) in [6.07, 6.45) is 1.43. The van der Waals surface area contributed by atoms with Crippen molar-refractivity contribution in [3.05, 3.63) is 41.7 Å². The Morgan fingerprint density at radius 1 is 1.50 bits per heavy atom. The number of hydrogen-bond donors (Lipinski definition) is 1. The predicted molar refractivity (Wildman–Crippen MR) is 62.6 cm³/mol. The minimum atomic E-state index is 0.102. The van der Waals surface area contributed by atoms with Crippen LogP contribution in [0, 0.1) is 6.92 Å². The van der Waals surface area contributed by atoms with Gasteiger partial charge in [0.05, 0.1) is 5.75 Å². The van der Waals surface area contributed by atoms with Gasteiger partial charge in [0.15, 0.2) is 10.9 Å². The molecule has 0 aliphatic heterocycles. The molecular formula is C11H11N3OS. The van der Waals surface area contributed by atoms with Crippen molar-refractivity contribution in [1.82, 2.24) is 15.2 Å². The van der Waals surface area contributed by atoms with E-state index in [9.17, 15) is 4.79 Å². The molecule has 0 aliphatic carbocycles. The highest BCUT2D eigenvalue weighted by atomic mass is 32.2. The fourth-order valence-electron chi connectivity index (χ4n) is 1.30. The molecule has 0 fully saturated rings. The van der Waals surface area contributed by atoms with Crippen LogP contribution < -0.4 is 0 Å². The Balaban J connectivity index is 1.98. The maximum absolute atomic E-state index is 11.8. The second kappa shape index (κ2) is 4.94. The van der Waals surface area contributed by atoms with Gasteiger partial charge in [-0.05, 0) is 13.0 Å². The number of carbonyl (C=O) groups is 1. The number of hydrogen-bond acceptors (Lipinski definition) is 4. The first kappa shape index (κ1) is 10.9. The lowest BCUT2D eigenvalue weighted by Gasteiger charge is -2.00. The van der Waals surface area contributed by atoms with Crippen molar-refractivity contribution in [2.75, 3.05) is 5.75 Å². The summed E-state index contributed by atoms with van der Waals surface area (Å²) in [6, 6.07) is 7.58. The first-order valence-corrected chi connectivity index (χ1v) is 5.82. The van der Waals surface area contributed by atoms with Crippen LogP contribution >= 0.6 is 11.8 Å². The molecule has 1 N–H and O–H groups in total. The molecule has 4 nitrogen and oxygen atoms in total. The SMILES string of the molecule is Cc1cccc(C(=O)CSc2ncn[nH]2)c1. The van der Waals surface area contributed by atoms with Gasteiger partial charge in [0.25, 0.3) is 0 Å². The topological polar surface area (TPSA) is 58.6 Å². The maximum Gasteiger partial charge on any atom is 0.183 e. The predicted octanol–water partition coefficient (Wildman–Crippen LogP) is 2.09. The molecule has 1 aromatic heterocycles. The summed E-state index contributed by atoms with van der Waals surface area (Å²) in [7, 11) is 0. The summed E-state index contributed by atoms with van der Waals surface area (Å²) in [5.41, 5.74) is 1.84. The lowest BCUT2D eigenvalue weighted by molar-refractivity contribution is 0.102. The summed E-state index contributed by atoms with van der Waals surface area (Å²) in [6.45, 7) is 1.97. The number of thioether (sulfide) groups is 1. The summed E-state index contributed by atoms with van der Waals surface area (Å²) < 4.78 is 0. The van der Waals surface area contributed by atoms with E-state index in [1.165, 1.54) is 18.1 Å². The first-order chi connectivity index (χ1) is 7.75. The zero-order chi connectivity index (χ0) is 11.4. The van der Waals surface area contributed by atoms with Gasteiger partial charge in [0.1, 0.15) is 6.33 Å².